The molecule has 0 aliphatic carbocycles. The smallest absolute Gasteiger partial charge is 0.324 e. The van der Waals surface area contributed by atoms with Crippen LogP contribution in [0.3, 0.4) is 0 Å². The van der Waals surface area contributed by atoms with E-state index in [1.54, 1.807) is 19.1 Å². The van der Waals surface area contributed by atoms with Crippen molar-refractivity contribution in [2.24, 2.45) is 0 Å². The average molecular weight is 342 g/mol. The van der Waals surface area contributed by atoms with Crippen molar-refractivity contribution < 1.29 is 22.7 Å². The van der Waals surface area contributed by atoms with Crippen molar-refractivity contribution in [1.29, 1.82) is 0 Å². The maximum absolute atomic E-state index is 12.8. The van der Waals surface area contributed by atoms with Crippen molar-refractivity contribution in [3.8, 4) is 5.75 Å². The molecular formula is C17H26O5S. The number of carbonyl (C=O) groups excluding carboxylic acids is 1. The number of hydrogen-bond acceptors (Lipinski definition) is 5. The molecule has 0 bridgehead atoms. The van der Waals surface area contributed by atoms with Crippen LogP contribution in [0, 0.1) is 0 Å². The van der Waals surface area contributed by atoms with E-state index in [2.05, 4.69) is 6.92 Å². The van der Waals surface area contributed by atoms with Crippen molar-refractivity contribution in [3.63, 3.8) is 0 Å². The minimum Gasteiger partial charge on any atom is -0.497 e. The molecule has 0 saturated carbocycles. The molecule has 0 aromatic heterocycles. The Hall–Kier alpha value is -1.56. The predicted octanol–water partition coefficient (Wildman–Crippen LogP) is 3.37. The van der Waals surface area contributed by atoms with Crippen LogP contribution in [0.2, 0.25) is 0 Å². The Morgan fingerprint density at radius 1 is 1.09 bits per heavy atom. The number of ether oxygens (including phenoxy) is 2. The third kappa shape index (κ3) is 5.53. The first-order chi connectivity index (χ1) is 11.0. The average Bonchev–Trinajstić information content (AvgIpc) is 2.54. The van der Waals surface area contributed by atoms with E-state index in [1.165, 1.54) is 19.2 Å². The van der Waals surface area contributed by atoms with Gasteiger partial charge in [-0.15, -0.1) is 0 Å². The van der Waals surface area contributed by atoms with Gasteiger partial charge in [0.2, 0.25) is 0 Å². The lowest BCUT2D eigenvalue weighted by Gasteiger charge is -2.16. The second kappa shape index (κ2) is 9.55. The molecule has 23 heavy (non-hydrogen) atoms. The highest BCUT2D eigenvalue weighted by Crippen LogP contribution is 2.24. The van der Waals surface area contributed by atoms with E-state index < -0.39 is 21.1 Å². The molecule has 0 spiro atoms. The zero-order chi connectivity index (χ0) is 17.3. The van der Waals surface area contributed by atoms with Gasteiger partial charge in [0, 0.05) is 0 Å². The molecule has 1 rings (SSSR count). The fraction of sp³-hybridized carbons (Fsp3) is 0.588. The van der Waals surface area contributed by atoms with Gasteiger partial charge in [0.05, 0.1) is 18.6 Å². The molecule has 0 radical (unpaired) electrons. The first-order valence-corrected chi connectivity index (χ1v) is 9.56. The first-order valence-electron chi connectivity index (χ1n) is 8.01. The molecule has 0 fully saturated rings. The number of carbonyl (C=O) groups is 1. The van der Waals surface area contributed by atoms with E-state index in [0.29, 0.717) is 12.2 Å². The zero-order valence-electron chi connectivity index (χ0n) is 14.1. The van der Waals surface area contributed by atoms with Crippen LogP contribution < -0.4 is 4.74 Å². The predicted molar refractivity (Wildman–Crippen MR) is 89.4 cm³/mol. The largest absolute Gasteiger partial charge is 0.497 e. The molecule has 0 aliphatic heterocycles. The highest BCUT2D eigenvalue weighted by molar-refractivity contribution is 7.92. The first kappa shape index (κ1) is 19.5. The van der Waals surface area contributed by atoms with Gasteiger partial charge < -0.3 is 9.47 Å². The summed E-state index contributed by atoms with van der Waals surface area (Å²) in [6.45, 7) is 3.92. The number of sulfone groups is 1. The van der Waals surface area contributed by atoms with Crippen LogP contribution in [0.4, 0.5) is 0 Å². The number of unbranched alkanes of at least 4 members (excludes halogenated alkanes) is 3. The summed E-state index contributed by atoms with van der Waals surface area (Å²) < 4.78 is 35.5. The highest BCUT2D eigenvalue weighted by Gasteiger charge is 2.34. The summed E-state index contributed by atoms with van der Waals surface area (Å²) in [6, 6.07) is 6.08. The van der Waals surface area contributed by atoms with Crippen LogP contribution in [0.15, 0.2) is 29.2 Å². The molecule has 1 aromatic rings. The summed E-state index contributed by atoms with van der Waals surface area (Å²) in [7, 11) is -2.25. The minimum atomic E-state index is -3.76. The van der Waals surface area contributed by atoms with Crippen molar-refractivity contribution in [1.82, 2.24) is 0 Å². The van der Waals surface area contributed by atoms with Crippen LogP contribution in [0.5, 0.6) is 5.75 Å². The standard InChI is InChI=1S/C17H26O5S/c1-4-6-7-8-9-16(17(18)22-5-2)23(19,20)15-12-10-14(21-3)11-13-15/h10-13,16H,4-9H2,1-3H3. The van der Waals surface area contributed by atoms with E-state index in [4.69, 9.17) is 9.47 Å². The summed E-state index contributed by atoms with van der Waals surface area (Å²) in [5.74, 6) is -0.0978. The highest BCUT2D eigenvalue weighted by atomic mass is 32.2. The van der Waals surface area contributed by atoms with E-state index >= 15 is 0 Å². The van der Waals surface area contributed by atoms with Crippen molar-refractivity contribution in [3.05, 3.63) is 24.3 Å². The van der Waals surface area contributed by atoms with Crippen LogP contribution >= 0.6 is 0 Å². The van der Waals surface area contributed by atoms with Crippen LogP contribution in [-0.4, -0.2) is 33.4 Å². The van der Waals surface area contributed by atoms with Crippen LogP contribution in [-0.2, 0) is 19.4 Å². The van der Waals surface area contributed by atoms with Crippen molar-refractivity contribution >= 4 is 15.8 Å². The third-order valence-electron chi connectivity index (χ3n) is 3.63. The van der Waals surface area contributed by atoms with Gasteiger partial charge in [-0.25, -0.2) is 8.42 Å². The van der Waals surface area contributed by atoms with Crippen molar-refractivity contribution in [2.45, 2.75) is 56.1 Å². The van der Waals surface area contributed by atoms with E-state index in [-0.39, 0.29) is 17.9 Å². The number of rotatable bonds is 10. The number of hydrogen-bond donors (Lipinski definition) is 0. The van der Waals surface area contributed by atoms with Gasteiger partial charge >= 0.3 is 5.97 Å². The SMILES string of the molecule is CCCCCCC(C(=O)OCC)S(=O)(=O)c1ccc(OC)cc1. The Bertz CT molecular complexity index is 578. The number of methoxy groups -OCH3 is 1. The topological polar surface area (TPSA) is 69.7 Å². The Morgan fingerprint density at radius 3 is 2.26 bits per heavy atom. The Kier molecular flexibility index (Phi) is 8.09. The molecule has 130 valence electrons. The third-order valence-corrected chi connectivity index (χ3v) is 5.74. The maximum Gasteiger partial charge on any atom is 0.324 e. The monoisotopic (exact) mass is 342 g/mol. The Balaban J connectivity index is 2.98. The lowest BCUT2D eigenvalue weighted by Crippen LogP contribution is -2.32. The molecular weight excluding hydrogens is 316 g/mol. The summed E-state index contributed by atoms with van der Waals surface area (Å²) >= 11 is 0. The fourth-order valence-corrected chi connectivity index (χ4v) is 3.96. The molecule has 1 aromatic carbocycles. The van der Waals surface area contributed by atoms with Gasteiger partial charge in [-0.05, 0) is 37.6 Å². The molecule has 1 atom stereocenters. The summed E-state index contributed by atoms with van der Waals surface area (Å²) in [5.41, 5.74) is 0. The molecule has 5 nitrogen and oxygen atoms in total. The van der Waals surface area contributed by atoms with Gasteiger partial charge in [-0.3, -0.25) is 4.79 Å². The Labute approximate surface area is 138 Å². The quantitative estimate of drug-likeness (QED) is 0.481. The second-order valence-electron chi connectivity index (χ2n) is 5.31. The summed E-state index contributed by atoms with van der Waals surface area (Å²) in [6.07, 6.45) is 3.96. The summed E-state index contributed by atoms with van der Waals surface area (Å²) in [4.78, 5) is 12.2. The van der Waals surface area contributed by atoms with Gasteiger partial charge in [-0.1, -0.05) is 32.6 Å². The van der Waals surface area contributed by atoms with Gasteiger partial charge in [0.25, 0.3) is 0 Å². The van der Waals surface area contributed by atoms with E-state index in [1.807, 2.05) is 0 Å². The second-order valence-corrected chi connectivity index (χ2v) is 7.44. The molecule has 6 heteroatoms. The van der Waals surface area contributed by atoms with Gasteiger partial charge in [0.15, 0.2) is 15.1 Å². The van der Waals surface area contributed by atoms with E-state index in [0.717, 1.165) is 19.3 Å². The molecule has 0 aliphatic rings. The Morgan fingerprint density at radius 2 is 1.74 bits per heavy atom. The van der Waals surface area contributed by atoms with Crippen LogP contribution in [0.1, 0.15) is 46.0 Å². The van der Waals surface area contributed by atoms with Crippen LogP contribution in [0.25, 0.3) is 0 Å². The van der Waals surface area contributed by atoms with Crippen molar-refractivity contribution in [2.75, 3.05) is 13.7 Å². The lowest BCUT2D eigenvalue weighted by atomic mass is 10.1. The molecule has 0 amide bonds. The minimum absolute atomic E-state index is 0.117. The van der Waals surface area contributed by atoms with E-state index in [9.17, 15) is 13.2 Å². The molecule has 0 saturated heterocycles. The lowest BCUT2D eigenvalue weighted by molar-refractivity contribution is -0.142. The molecule has 1 unspecified atom stereocenters. The fourth-order valence-electron chi connectivity index (χ4n) is 2.32. The maximum atomic E-state index is 12.8. The van der Waals surface area contributed by atoms with Gasteiger partial charge in [-0.2, -0.15) is 0 Å². The number of benzene rings is 1. The molecule has 0 heterocycles. The molecule has 0 N–H and O–H groups in total. The van der Waals surface area contributed by atoms with Gasteiger partial charge in [0.1, 0.15) is 5.75 Å². The zero-order valence-corrected chi connectivity index (χ0v) is 14.9. The summed E-state index contributed by atoms with van der Waals surface area (Å²) in [5, 5.41) is -1.15. The normalized spacial score (nSPS) is 12.7. The number of esters is 1.